The maximum absolute atomic E-state index is 2.20. The summed E-state index contributed by atoms with van der Waals surface area (Å²) in [6, 6.07) is 42.5. The molecule has 0 aliphatic rings. The molecular weight excluding hydrogens is 346 g/mol. The molecule has 0 aromatic heterocycles. The molecule has 4 rings (SSSR count). The van der Waals surface area contributed by atoms with Crippen LogP contribution >= 0.6 is 8.58 Å². The summed E-state index contributed by atoms with van der Waals surface area (Å²) in [5.41, 5.74) is 0. The van der Waals surface area contributed by atoms with Crippen molar-refractivity contribution in [1.82, 2.24) is 0 Å². The maximum Gasteiger partial charge on any atom is 0.298 e. The minimum Gasteiger partial charge on any atom is -0.117 e. The molecule has 2 heteroatoms. The van der Waals surface area contributed by atoms with Gasteiger partial charge in [-0.1, -0.05) is 130 Å². The van der Waals surface area contributed by atoms with Crippen molar-refractivity contribution in [3.63, 3.8) is 0 Å². The van der Waals surface area contributed by atoms with Gasteiger partial charge in [0, 0.05) is 0 Å². The molecule has 0 amide bonds. The fourth-order valence-corrected chi connectivity index (χ4v) is 4.77. The van der Waals surface area contributed by atoms with Gasteiger partial charge in [0.1, 0.15) is 0 Å². The Kier molecular flexibility index (Phi) is 7.70. The lowest BCUT2D eigenvalue weighted by Crippen LogP contribution is -2.26. The molecule has 0 unspecified atom stereocenters. The summed E-state index contributed by atoms with van der Waals surface area (Å²) in [6.07, 6.45) is 0. The molecule has 0 N–H and O–H groups in total. The quantitative estimate of drug-likeness (QED) is 0.382. The molecule has 0 aliphatic carbocycles. The van der Waals surface area contributed by atoms with E-state index in [-0.39, 0.29) is 15.2 Å². The molecule has 0 atom stereocenters. The SMILES string of the molecule is c1cc[c]([Al][c]2ccccc2)cc1.c1ccc(Pc2ccccc2)cc1. The van der Waals surface area contributed by atoms with Crippen LogP contribution in [0.3, 0.4) is 0 Å². The molecule has 26 heavy (non-hydrogen) atoms. The third-order valence-electron chi connectivity index (χ3n) is 3.77. The molecule has 0 saturated heterocycles. The highest BCUT2D eigenvalue weighted by Gasteiger charge is 1.96. The van der Waals surface area contributed by atoms with E-state index in [0.29, 0.717) is 0 Å². The topological polar surface area (TPSA) is 0 Å². The van der Waals surface area contributed by atoms with Crippen LogP contribution in [-0.2, 0) is 0 Å². The summed E-state index contributed by atoms with van der Waals surface area (Å²) in [5.74, 6) is 0. The predicted molar refractivity (Wildman–Crippen MR) is 118 cm³/mol. The van der Waals surface area contributed by atoms with Gasteiger partial charge in [-0.25, -0.2) is 0 Å². The van der Waals surface area contributed by atoms with Gasteiger partial charge < -0.3 is 0 Å². The van der Waals surface area contributed by atoms with Crippen LogP contribution in [0, 0.1) is 0 Å². The molecule has 4 aromatic rings. The molecule has 0 heterocycles. The number of hydrogen-bond acceptors (Lipinski definition) is 0. The van der Waals surface area contributed by atoms with Crippen molar-refractivity contribution in [2.45, 2.75) is 0 Å². The van der Waals surface area contributed by atoms with Crippen LogP contribution in [0.15, 0.2) is 121 Å². The monoisotopic (exact) mass is 367 g/mol. The fraction of sp³-hybridized carbons (Fsp3) is 0. The van der Waals surface area contributed by atoms with Crippen molar-refractivity contribution in [3.05, 3.63) is 121 Å². The lowest BCUT2D eigenvalue weighted by molar-refractivity contribution is 1.75. The van der Waals surface area contributed by atoms with E-state index in [0.717, 1.165) is 8.58 Å². The molecule has 0 fully saturated rings. The van der Waals surface area contributed by atoms with Crippen molar-refractivity contribution in [1.29, 1.82) is 0 Å². The van der Waals surface area contributed by atoms with E-state index in [9.17, 15) is 0 Å². The zero-order valence-corrected chi connectivity index (χ0v) is 16.8. The summed E-state index contributed by atoms with van der Waals surface area (Å²) in [5, 5.41) is 2.79. The molecule has 0 saturated carbocycles. The molecule has 125 valence electrons. The van der Waals surface area contributed by atoms with Gasteiger partial charge in [-0.05, 0) is 10.6 Å². The summed E-state index contributed by atoms with van der Waals surface area (Å²) < 4.78 is 2.90. The van der Waals surface area contributed by atoms with Crippen molar-refractivity contribution in [2.75, 3.05) is 0 Å². The largest absolute Gasteiger partial charge is 0.298 e. The van der Waals surface area contributed by atoms with Crippen LogP contribution in [0.2, 0.25) is 0 Å². The minimum atomic E-state index is 0.271. The average molecular weight is 367 g/mol. The van der Waals surface area contributed by atoms with E-state index in [1.54, 1.807) is 0 Å². The highest BCUT2D eigenvalue weighted by Crippen LogP contribution is 2.08. The van der Waals surface area contributed by atoms with Gasteiger partial charge >= 0.3 is 0 Å². The first kappa shape index (κ1) is 18.6. The molecule has 4 aromatic carbocycles. The summed E-state index contributed by atoms with van der Waals surface area (Å²) in [6.45, 7) is 0. The Balaban J connectivity index is 0.000000151. The summed E-state index contributed by atoms with van der Waals surface area (Å²) in [7, 11) is 0.777. The van der Waals surface area contributed by atoms with Gasteiger partial charge in [-0.15, -0.1) is 8.85 Å². The Morgan fingerprint density at radius 1 is 0.385 bits per heavy atom. The molecule has 0 spiro atoms. The number of rotatable bonds is 4. The maximum atomic E-state index is 2.20. The minimum absolute atomic E-state index is 0.271. The first-order valence-electron chi connectivity index (χ1n) is 8.72. The van der Waals surface area contributed by atoms with Crippen molar-refractivity contribution in [2.24, 2.45) is 0 Å². The molecular formula is C24H21AlP. The number of benzene rings is 4. The van der Waals surface area contributed by atoms with Gasteiger partial charge in [-0.2, -0.15) is 0 Å². The number of hydrogen-bond donors (Lipinski definition) is 0. The molecule has 1 radical (unpaired) electrons. The Hall–Kier alpha value is -2.16. The second-order valence-corrected chi connectivity index (χ2v) is 8.85. The average Bonchev–Trinajstić information content (AvgIpc) is 2.72. The van der Waals surface area contributed by atoms with Crippen LogP contribution in [0.25, 0.3) is 0 Å². The third-order valence-corrected chi connectivity index (χ3v) is 6.45. The lowest BCUT2D eigenvalue weighted by atomic mass is 10.4. The molecule has 0 aliphatic heterocycles. The van der Waals surface area contributed by atoms with Crippen LogP contribution in [0.5, 0.6) is 0 Å². The smallest absolute Gasteiger partial charge is 0.117 e. The zero-order chi connectivity index (χ0) is 17.9. The standard InChI is InChI=1S/C12H11P.2C6H5.Al/c1-3-7-11(8-4-1)13-12-9-5-2-6-10-12;2*1-2-4-6-5-3-1;/h1-10,13H;2*1-5H;. The van der Waals surface area contributed by atoms with Gasteiger partial charge in [0.25, 0.3) is 15.2 Å². The van der Waals surface area contributed by atoms with Gasteiger partial charge in [0.2, 0.25) is 0 Å². The van der Waals surface area contributed by atoms with Crippen LogP contribution < -0.4 is 19.5 Å². The zero-order valence-electron chi connectivity index (χ0n) is 14.6. The first-order chi connectivity index (χ1) is 12.9. The van der Waals surface area contributed by atoms with E-state index in [2.05, 4.69) is 121 Å². The van der Waals surface area contributed by atoms with E-state index in [1.807, 2.05) is 0 Å². The Morgan fingerprint density at radius 2 is 0.692 bits per heavy atom. The van der Waals surface area contributed by atoms with Crippen LogP contribution in [0.1, 0.15) is 0 Å². The Bertz CT molecular complexity index is 711. The van der Waals surface area contributed by atoms with E-state index in [4.69, 9.17) is 0 Å². The fourth-order valence-electron chi connectivity index (χ4n) is 2.50. The second-order valence-electron chi connectivity index (χ2n) is 5.82. The Morgan fingerprint density at radius 3 is 1.04 bits per heavy atom. The summed E-state index contributed by atoms with van der Waals surface area (Å²) >= 11 is 0.271. The first-order valence-corrected chi connectivity index (χ1v) is 10.9. The normalized spacial score (nSPS) is 9.69. The summed E-state index contributed by atoms with van der Waals surface area (Å²) in [4.78, 5) is 0. The van der Waals surface area contributed by atoms with E-state index < -0.39 is 0 Å². The molecule has 0 nitrogen and oxygen atoms in total. The Labute approximate surface area is 164 Å². The van der Waals surface area contributed by atoms with Crippen LogP contribution in [0.4, 0.5) is 0 Å². The van der Waals surface area contributed by atoms with Gasteiger partial charge in [0.05, 0.1) is 0 Å². The van der Waals surface area contributed by atoms with E-state index >= 15 is 0 Å². The van der Waals surface area contributed by atoms with Gasteiger partial charge in [-0.3, -0.25) is 0 Å². The van der Waals surface area contributed by atoms with Crippen molar-refractivity contribution < 1.29 is 0 Å². The van der Waals surface area contributed by atoms with Crippen molar-refractivity contribution in [3.8, 4) is 0 Å². The highest BCUT2D eigenvalue weighted by atomic mass is 31.1. The van der Waals surface area contributed by atoms with Crippen molar-refractivity contribution >= 4 is 43.3 Å². The predicted octanol–water partition coefficient (Wildman–Crippen LogP) is 3.66. The second kappa shape index (κ2) is 10.7. The molecule has 0 bridgehead atoms. The van der Waals surface area contributed by atoms with Gasteiger partial charge in [0.15, 0.2) is 0 Å². The third kappa shape index (κ3) is 6.63. The lowest BCUT2D eigenvalue weighted by Gasteiger charge is -2.00. The highest BCUT2D eigenvalue weighted by molar-refractivity contribution is 7.55. The van der Waals surface area contributed by atoms with Crippen LogP contribution in [-0.4, -0.2) is 15.2 Å². The van der Waals surface area contributed by atoms with E-state index in [1.165, 1.54) is 19.5 Å².